The van der Waals surface area contributed by atoms with E-state index in [1.54, 1.807) is 0 Å². The number of rotatable bonds is 6. The molecule has 152 valence electrons. The first kappa shape index (κ1) is 20.3. The summed E-state index contributed by atoms with van der Waals surface area (Å²) >= 11 is 0.0721. The maximum Gasteiger partial charge on any atom is 0.356 e. The summed E-state index contributed by atoms with van der Waals surface area (Å²) in [5.74, 6) is -5.34. The Labute approximate surface area is 163 Å². The van der Waals surface area contributed by atoms with Crippen LogP contribution in [0.15, 0.2) is 34.9 Å². The Kier molecular flexibility index (Phi) is 5.24. The van der Waals surface area contributed by atoms with Crippen molar-refractivity contribution in [3.8, 4) is 28.7 Å². The van der Waals surface area contributed by atoms with Crippen LogP contribution in [0.5, 0.6) is 17.2 Å². The van der Waals surface area contributed by atoms with E-state index in [9.17, 15) is 38.6 Å². The van der Waals surface area contributed by atoms with Gasteiger partial charge in [-0.15, -0.1) is 0 Å². The fourth-order valence-corrected chi connectivity index (χ4v) is 2.95. The smallest absolute Gasteiger partial charge is 0.356 e. The fourth-order valence-electron chi connectivity index (χ4n) is 2.21. The molecule has 1 heterocycles. The third-order valence-corrected chi connectivity index (χ3v) is 4.65. The second-order valence-corrected chi connectivity index (χ2v) is 6.72. The van der Waals surface area contributed by atoms with Crippen molar-refractivity contribution < 1.29 is 37.9 Å². The number of benzene rings is 2. The number of hydrogen-bond acceptors (Lipinski definition) is 9. The van der Waals surface area contributed by atoms with E-state index in [4.69, 9.17) is 4.52 Å². The number of alkyl halides is 2. The van der Waals surface area contributed by atoms with Crippen LogP contribution in [0.4, 0.5) is 18.9 Å². The molecule has 0 fully saturated rings. The molecule has 0 amide bonds. The molecule has 29 heavy (non-hydrogen) atoms. The van der Waals surface area contributed by atoms with Gasteiger partial charge in [-0.05, 0) is 23.8 Å². The number of phenols is 3. The van der Waals surface area contributed by atoms with Crippen molar-refractivity contribution in [3.63, 3.8) is 0 Å². The van der Waals surface area contributed by atoms with Crippen molar-refractivity contribution >= 4 is 17.4 Å². The summed E-state index contributed by atoms with van der Waals surface area (Å²) in [6, 6.07) is 4.77. The Morgan fingerprint density at radius 1 is 1.17 bits per heavy atom. The summed E-state index contributed by atoms with van der Waals surface area (Å²) < 4.78 is 46.4. The highest BCUT2D eigenvalue weighted by Crippen LogP contribution is 2.42. The third kappa shape index (κ3) is 4.18. The Morgan fingerprint density at radius 3 is 2.55 bits per heavy atom. The summed E-state index contributed by atoms with van der Waals surface area (Å²) in [4.78, 5) is 13.4. The minimum atomic E-state index is -3.66. The minimum absolute atomic E-state index is 0.0721. The summed E-state index contributed by atoms with van der Waals surface area (Å²) in [6.07, 6.45) is 0. The summed E-state index contributed by atoms with van der Waals surface area (Å²) in [7, 11) is 0. The Morgan fingerprint density at radius 2 is 1.90 bits per heavy atom. The number of thioether (sulfide) groups is 1. The van der Waals surface area contributed by atoms with E-state index in [0.29, 0.717) is 0 Å². The Bertz CT molecular complexity index is 1090. The van der Waals surface area contributed by atoms with E-state index in [0.717, 1.165) is 24.3 Å². The van der Waals surface area contributed by atoms with Crippen LogP contribution < -0.4 is 0 Å². The normalized spacial score (nSPS) is 11.6. The summed E-state index contributed by atoms with van der Waals surface area (Å²) in [6.45, 7) is 0. The molecule has 9 nitrogen and oxygen atoms in total. The SMILES string of the molecule is O=[N+]([O-])c1cc(-c2nc(C(F)(F)SCc3ccc(F)c(O)c3)no2)cc(O)c1O. The van der Waals surface area contributed by atoms with Gasteiger partial charge in [-0.3, -0.25) is 10.1 Å². The van der Waals surface area contributed by atoms with Crippen LogP contribution in [0.25, 0.3) is 11.5 Å². The molecule has 0 aliphatic heterocycles. The topological polar surface area (TPSA) is 143 Å². The molecule has 0 saturated carbocycles. The number of aromatic hydroxyl groups is 3. The molecule has 0 radical (unpaired) electrons. The van der Waals surface area contributed by atoms with E-state index in [-0.39, 0.29) is 28.6 Å². The molecule has 13 heteroatoms. The van der Waals surface area contributed by atoms with Gasteiger partial charge in [0.25, 0.3) is 11.7 Å². The number of halogens is 3. The van der Waals surface area contributed by atoms with Gasteiger partial charge in [-0.1, -0.05) is 23.0 Å². The molecule has 1 aromatic heterocycles. The van der Waals surface area contributed by atoms with Crippen molar-refractivity contribution in [2.45, 2.75) is 11.0 Å². The van der Waals surface area contributed by atoms with Gasteiger partial charge in [0.15, 0.2) is 17.3 Å². The van der Waals surface area contributed by atoms with Gasteiger partial charge in [-0.25, -0.2) is 4.39 Å². The van der Waals surface area contributed by atoms with Crippen LogP contribution >= 0.6 is 11.8 Å². The van der Waals surface area contributed by atoms with E-state index < -0.39 is 50.6 Å². The lowest BCUT2D eigenvalue weighted by atomic mass is 10.1. The van der Waals surface area contributed by atoms with Crippen LogP contribution in [-0.4, -0.2) is 30.4 Å². The predicted molar refractivity (Wildman–Crippen MR) is 93.0 cm³/mol. The van der Waals surface area contributed by atoms with Crippen molar-refractivity contribution in [2.24, 2.45) is 0 Å². The van der Waals surface area contributed by atoms with Gasteiger partial charge < -0.3 is 19.8 Å². The molecule has 0 unspecified atom stereocenters. The van der Waals surface area contributed by atoms with E-state index in [1.165, 1.54) is 6.07 Å². The summed E-state index contributed by atoms with van der Waals surface area (Å²) in [5.41, 5.74) is -0.914. The zero-order valence-corrected chi connectivity index (χ0v) is 14.9. The highest BCUT2D eigenvalue weighted by molar-refractivity contribution is 7.99. The highest BCUT2D eigenvalue weighted by Gasteiger charge is 2.38. The molecule has 0 bridgehead atoms. The van der Waals surface area contributed by atoms with Crippen molar-refractivity contribution in [3.05, 3.63) is 57.7 Å². The molecule has 3 aromatic rings. The minimum Gasteiger partial charge on any atom is -0.505 e. The number of nitro groups is 1. The number of nitrogens with zero attached hydrogens (tertiary/aromatic N) is 3. The predicted octanol–water partition coefficient (Wildman–Crippen LogP) is 3.88. The van der Waals surface area contributed by atoms with Crippen LogP contribution in [0.3, 0.4) is 0 Å². The fraction of sp³-hybridized carbons (Fsp3) is 0.125. The van der Waals surface area contributed by atoms with E-state index >= 15 is 0 Å². The lowest BCUT2D eigenvalue weighted by molar-refractivity contribution is -0.385. The monoisotopic (exact) mass is 429 g/mol. The van der Waals surface area contributed by atoms with Gasteiger partial charge >= 0.3 is 10.9 Å². The molecule has 0 aliphatic rings. The standard InChI is InChI=1S/C16H10F3N3O6S/c17-9-2-1-7(3-11(9)23)6-29-16(18,19)15-20-14(28-21-15)8-4-10(22(26)27)13(25)12(24)5-8/h1-5,23-25H,6H2. The molecule has 3 N–H and O–H groups in total. The molecule has 3 rings (SSSR count). The number of hydrogen-bond donors (Lipinski definition) is 3. The average Bonchev–Trinajstić information content (AvgIpc) is 3.16. The van der Waals surface area contributed by atoms with Crippen LogP contribution in [0.2, 0.25) is 0 Å². The first-order valence-electron chi connectivity index (χ1n) is 7.62. The maximum absolute atomic E-state index is 14.3. The first-order valence-corrected chi connectivity index (χ1v) is 8.61. The number of phenolic OH excluding ortho intramolecular Hbond substituents is 3. The van der Waals surface area contributed by atoms with Crippen LogP contribution in [0.1, 0.15) is 11.4 Å². The second kappa shape index (κ2) is 7.50. The Balaban J connectivity index is 1.83. The first-order chi connectivity index (χ1) is 13.6. The molecule has 2 aromatic carbocycles. The van der Waals surface area contributed by atoms with Crippen molar-refractivity contribution in [2.75, 3.05) is 0 Å². The molecule has 0 saturated heterocycles. The lowest BCUT2D eigenvalue weighted by Crippen LogP contribution is -2.11. The van der Waals surface area contributed by atoms with Gasteiger partial charge in [-0.2, -0.15) is 13.8 Å². The highest BCUT2D eigenvalue weighted by atomic mass is 32.2. The van der Waals surface area contributed by atoms with Crippen LogP contribution in [-0.2, 0) is 11.0 Å². The molecular formula is C16H10F3N3O6S. The van der Waals surface area contributed by atoms with E-state index in [1.807, 2.05) is 0 Å². The maximum atomic E-state index is 14.3. The quantitative estimate of drug-likeness (QED) is 0.302. The van der Waals surface area contributed by atoms with Gasteiger partial charge in [0.05, 0.1) is 10.5 Å². The molecule has 0 spiro atoms. The molecular weight excluding hydrogens is 419 g/mol. The average molecular weight is 429 g/mol. The van der Waals surface area contributed by atoms with Gasteiger partial charge in [0.2, 0.25) is 5.75 Å². The van der Waals surface area contributed by atoms with Gasteiger partial charge in [0, 0.05) is 11.8 Å². The molecule has 0 atom stereocenters. The lowest BCUT2D eigenvalue weighted by Gasteiger charge is -2.11. The number of aromatic nitrogens is 2. The zero-order chi connectivity index (χ0) is 21.3. The van der Waals surface area contributed by atoms with Crippen molar-refractivity contribution in [1.29, 1.82) is 0 Å². The third-order valence-electron chi connectivity index (χ3n) is 3.63. The largest absolute Gasteiger partial charge is 0.505 e. The van der Waals surface area contributed by atoms with Crippen LogP contribution in [0, 0.1) is 15.9 Å². The molecule has 0 aliphatic carbocycles. The summed E-state index contributed by atoms with van der Waals surface area (Å²) in [5, 5.41) is 38.7. The second-order valence-electron chi connectivity index (χ2n) is 5.63. The van der Waals surface area contributed by atoms with Gasteiger partial charge in [0.1, 0.15) is 0 Å². The zero-order valence-electron chi connectivity index (χ0n) is 14.0. The van der Waals surface area contributed by atoms with E-state index in [2.05, 4.69) is 10.1 Å². The number of nitro benzene ring substituents is 1. The van der Waals surface area contributed by atoms with Crippen molar-refractivity contribution in [1.82, 2.24) is 10.1 Å². The Hall–Kier alpha value is -3.48.